The number of anilines is 1. The molecule has 0 unspecified atom stereocenters. The summed E-state index contributed by atoms with van der Waals surface area (Å²) in [4.78, 5) is 28.3. The van der Waals surface area contributed by atoms with Gasteiger partial charge in [-0.25, -0.2) is 0 Å². The molecule has 4 aromatic rings. The van der Waals surface area contributed by atoms with Crippen LogP contribution in [0.1, 0.15) is 22.7 Å². The molecule has 202 valence electrons. The summed E-state index contributed by atoms with van der Waals surface area (Å²) in [7, 11) is 1.55. The number of hydrogen-bond donors (Lipinski definition) is 1. The first-order valence-electron chi connectivity index (χ1n) is 12.4. The minimum absolute atomic E-state index is 0.0551. The molecule has 0 aliphatic carbocycles. The molecule has 1 atom stereocenters. The number of aromatic nitrogens is 2. The van der Waals surface area contributed by atoms with Crippen LogP contribution in [-0.2, 0) is 15.3 Å². The molecule has 2 aliphatic rings. The molecule has 1 aromatic heterocycles. The first-order valence-corrected chi connectivity index (χ1v) is 14.2. The van der Waals surface area contributed by atoms with Crippen LogP contribution in [0.3, 0.4) is 0 Å². The lowest BCUT2D eigenvalue weighted by molar-refractivity contribution is -0.132. The van der Waals surface area contributed by atoms with E-state index in [9.17, 15) is 14.7 Å². The Morgan fingerprint density at radius 3 is 2.52 bits per heavy atom. The standard InChI is InChI=1S/C29H23N3O6S2/c1-36-20-10-7-18(8-11-20)24-23(25(33)19-9-12-21-22(15-19)38-14-13-37-21)26(34)27(35)32(24)28-30-31-29(40-28)39-16-17-5-3-2-4-6-17/h2-12,15,24,33H,13-14,16H2,1H3/b25-23+/t24-/m0/s1. The second-order valence-corrected chi connectivity index (χ2v) is 11.1. The van der Waals surface area contributed by atoms with Crippen molar-refractivity contribution in [1.82, 2.24) is 10.2 Å². The molecule has 40 heavy (non-hydrogen) atoms. The Bertz CT molecular complexity index is 1600. The molecule has 0 saturated carbocycles. The van der Waals surface area contributed by atoms with Gasteiger partial charge in [-0.1, -0.05) is 65.6 Å². The van der Waals surface area contributed by atoms with E-state index in [0.717, 1.165) is 5.56 Å². The zero-order chi connectivity index (χ0) is 27.6. The number of carbonyl (C=O) groups is 2. The molecule has 3 aromatic carbocycles. The van der Waals surface area contributed by atoms with E-state index in [2.05, 4.69) is 10.2 Å². The maximum Gasteiger partial charge on any atom is 0.301 e. The van der Waals surface area contributed by atoms with Crippen molar-refractivity contribution < 1.29 is 28.9 Å². The molecule has 11 heteroatoms. The van der Waals surface area contributed by atoms with E-state index in [1.165, 1.54) is 28.0 Å². The van der Waals surface area contributed by atoms with Crippen LogP contribution in [0.25, 0.3) is 5.76 Å². The van der Waals surface area contributed by atoms with Crippen molar-refractivity contribution in [2.75, 3.05) is 25.2 Å². The van der Waals surface area contributed by atoms with Gasteiger partial charge < -0.3 is 19.3 Å². The van der Waals surface area contributed by atoms with E-state index < -0.39 is 17.7 Å². The van der Waals surface area contributed by atoms with E-state index >= 15 is 0 Å². The number of Topliss-reactive ketones (excluding diaryl/α,β-unsaturated/α-hetero) is 1. The van der Waals surface area contributed by atoms with Crippen LogP contribution in [-0.4, -0.2) is 47.3 Å². The number of amides is 1. The van der Waals surface area contributed by atoms with Crippen molar-refractivity contribution in [1.29, 1.82) is 0 Å². The maximum absolute atomic E-state index is 13.5. The van der Waals surface area contributed by atoms with Gasteiger partial charge in [0, 0.05) is 11.3 Å². The highest BCUT2D eigenvalue weighted by Gasteiger charge is 2.48. The van der Waals surface area contributed by atoms with E-state index in [4.69, 9.17) is 14.2 Å². The fourth-order valence-corrected chi connectivity index (χ4v) is 6.38. The Kier molecular flexibility index (Phi) is 7.14. The van der Waals surface area contributed by atoms with Crippen LogP contribution in [0.15, 0.2) is 82.7 Å². The van der Waals surface area contributed by atoms with Crippen LogP contribution >= 0.6 is 23.1 Å². The van der Waals surface area contributed by atoms with Crippen molar-refractivity contribution >= 4 is 45.7 Å². The molecule has 9 nitrogen and oxygen atoms in total. The number of aliphatic hydroxyl groups excluding tert-OH is 1. The first kappa shape index (κ1) is 25.9. The number of fused-ring (bicyclic) bond motifs is 1. The van der Waals surface area contributed by atoms with Crippen LogP contribution in [0.2, 0.25) is 0 Å². The Labute approximate surface area is 238 Å². The second kappa shape index (κ2) is 11.0. The number of ether oxygens (including phenoxy) is 3. The van der Waals surface area contributed by atoms with Crippen molar-refractivity contribution in [2.24, 2.45) is 0 Å². The number of thioether (sulfide) groups is 1. The summed E-state index contributed by atoms with van der Waals surface area (Å²) in [5.74, 6) is 0.363. The Balaban J connectivity index is 1.40. The number of aliphatic hydroxyl groups is 1. The Hall–Kier alpha value is -4.35. The molecule has 0 radical (unpaired) electrons. The average molecular weight is 574 g/mol. The van der Waals surface area contributed by atoms with Crippen molar-refractivity contribution in [3.05, 3.63) is 95.1 Å². The molecule has 1 N–H and O–H groups in total. The second-order valence-electron chi connectivity index (χ2n) is 8.93. The fourth-order valence-electron chi connectivity index (χ4n) is 4.56. The molecule has 2 aliphatic heterocycles. The molecular formula is C29H23N3O6S2. The number of nitrogens with zero attached hydrogens (tertiary/aromatic N) is 3. The van der Waals surface area contributed by atoms with E-state index in [1.54, 1.807) is 49.6 Å². The quantitative estimate of drug-likeness (QED) is 0.104. The minimum atomic E-state index is -0.931. The van der Waals surface area contributed by atoms with Gasteiger partial charge in [0.25, 0.3) is 5.78 Å². The molecule has 1 saturated heterocycles. The predicted molar refractivity (Wildman–Crippen MR) is 151 cm³/mol. The maximum atomic E-state index is 13.5. The zero-order valence-electron chi connectivity index (χ0n) is 21.3. The molecular weight excluding hydrogens is 550 g/mol. The minimum Gasteiger partial charge on any atom is -0.507 e. The van der Waals surface area contributed by atoms with Gasteiger partial charge in [-0.3, -0.25) is 14.5 Å². The Morgan fingerprint density at radius 2 is 1.77 bits per heavy atom. The van der Waals surface area contributed by atoms with Crippen molar-refractivity contribution in [2.45, 2.75) is 16.1 Å². The summed E-state index contributed by atoms with van der Waals surface area (Å²) >= 11 is 2.71. The Morgan fingerprint density at radius 1 is 1.02 bits per heavy atom. The number of methoxy groups -OCH3 is 1. The lowest BCUT2D eigenvalue weighted by Crippen LogP contribution is -2.29. The van der Waals surface area contributed by atoms with Crippen LogP contribution in [0.4, 0.5) is 5.13 Å². The van der Waals surface area contributed by atoms with Crippen molar-refractivity contribution in [3.63, 3.8) is 0 Å². The third-order valence-electron chi connectivity index (χ3n) is 6.50. The fraction of sp³-hybridized carbons (Fsp3) is 0.172. The lowest BCUT2D eigenvalue weighted by atomic mass is 9.95. The van der Waals surface area contributed by atoms with Gasteiger partial charge in [0.1, 0.15) is 24.7 Å². The average Bonchev–Trinajstić information content (AvgIpc) is 3.57. The largest absolute Gasteiger partial charge is 0.507 e. The van der Waals surface area contributed by atoms with Crippen LogP contribution in [0.5, 0.6) is 17.2 Å². The summed E-state index contributed by atoms with van der Waals surface area (Å²) in [6, 6.07) is 20.9. The van der Waals surface area contributed by atoms with Gasteiger partial charge in [0.2, 0.25) is 5.13 Å². The predicted octanol–water partition coefficient (Wildman–Crippen LogP) is 5.24. The number of rotatable bonds is 7. The SMILES string of the molecule is COc1ccc([C@H]2/C(=C(\O)c3ccc4c(c3)OCCO4)C(=O)C(=O)N2c2nnc(SCc3ccccc3)s2)cc1. The summed E-state index contributed by atoms with van der Waals surface area (Å²) in [5.41, 5.74) is 2.01. The van der Waals surface area contributed by atoms with E-state index in [0.29, 0.717) is 51.7 Å². The van der Waals surface area contributed by atoms with Gasteiger partial charge in [0.05, 0.1) is 18.7 Å². The number of carbonyl (C=O) groups excluding carboxylic acids is 2. The summed E-state index contributed by atoms with van der Waals surface area (Å²) in [6.45, 7) is 0.795. The summed E-state index contributed by atoms with van der Waals surface area (Å²) < 4.78 is 17.2. The number of hydrogen-bond acceptors (Lipinski definition) is 10. The monoisotopic (exact) mass is 573 g/mol. The summed E-state index contributed by atoms with van der Waals surface area (Å²) in [5, 5.41) is 20.2. The van der Waals surface area contributed by atoms with Gasteiger partial charge in [-0.15, -0.1) is 10.2 Å². The van der Waals surface area contributed by atoms with E-state index in [1.807, 2.05) is 30.3 Å². The molecule has 1 fully saturated rings. The summed E-state index contributed by atoms with van der Waals surface area (Å²) in [6.07, 6.45) is 0. The topological polar surface area (TPSA) is 111 Å². The zero-order valence-corrected chi connectivity index (χ0v) is 22.9. The van der Waals surface area contributed by atoms with Gasteiger partial charge in [-0.2, -0.15) is 0 Å². The number of benzene rings is 3. The molecule has 6 rings (SSSR count). The van der Waals surface area contributed by atoms with Crippen molar-refractivity contribution in [3.8, 4) is 17.2 Å². The van der Waals surface area contributed by atoms with Crippen LogP contribution < -0.4 is 19.1 Å². The van der Waals surface area contributed by atoms with Gasteiger partial charge in [-0.05, 0) is 41.5 Å². The number of ketones is 1. The highest BCUT2D eigenvalue weighted by Crippen LogP contribution is 2.45. The van der Waals surface area contributed by atoms with Gasteiger partial charge >= 0.3 is 5.91 Å². The van der Waals surface area contributed by atoms with E-state index in [-0.39, 0.29) is 16.5 Å². The van der Waals surface area contributed by atoms with Crippen LogP contribution in [0, 0.1) is 0 Å². The molecule has 0 bridgehead atoms. The highest BCUT2D eigenvalue weighted by molar-refractivity contribution is 8.00. The smallest absolute Gasteiger partial charge is 0.301 e. The van der Waals surface area contributed by atoms with Gasteiger partial charge in [0.15, 0.2) is 15.8 Å². The third kappa shape index (κ3) is 4.89. The highest BCUT2D eigenvalue weighted by atomic mass is 32.2. The molecule has 3 heterocycles. The lowest BCUT2D eigenvalue weighted by Gasteiger charge is -2.23. The first-order chi connectivity index (χ1) is 19.5. The third-order valence-corrected chi connectivity index (χ3v) is 8.63. The normalized spacial score (nSPS) is 17.7. The molecule has 0 spiro atoms. The molecule has 1 amide bonds.